The third kappa shape index (κ3) is 3.48. The Morgan fingerprint density at radius 3 is 2.17 bits per heavy atom. The maximum absolute atomic E-state index is 10.4. The first kappa shape index (κ1) is 23.3. The summed E-state index contributed by atoms with van der Waals surface area (Å²) in [6, 6.07) is 3.84. The normalized spacial score (nSPS) is 48.7. The van der Waals surface area contributed by atoms with Crippen LogP contribution in [0.1, 0.15) is 99.3 Å². The van der Waals surface area contributed by atoms with E-state index in [9.17, 15) is 5.11 Å². The third-order valence-electron chi connectivity index (χ3n) is 11.6. The van der Waals surface area contributed by atoms with Crippen molar-refractivity contribution in [1.82, 2.24) is 0 Å². The van der Waals surface area contributed by atoms with Gasteiger partial charge in [-0.3, -0.25) is 0 Å². The van der Waals surface area contributed by atoms with Gasteiger partial charge in [-0.1, -0.05) is 48.0 Å². The lowest BCUT2D eigenvalue weighted by Crippen LogP contribution is -2.56. The quantitative estimate of drug-likeness (QED) is 0.441. The molecular weight excluding hydrogens is 384 g/mol. The van der Waals surface area contributed by atoms with E-state index in [0.717, 1.165) is 42.4 Å². The molecule has 0 spiro atoms. The van der Waals surface area contributed by atoms with Crippen LogP contribution in [0.2, 0.25) is 18.1 Å². The van der Waals surface area contributed by atoms with Crippen molar-refractivity contribution < 1.29 is 9.53 Å². The SMILES string of the molecule is CC[C@H]1CC(O[Si](CC)(CC)CC)[C@H]2[C@@H]3CCC4CC(O)CC[C@]4(C)[C@H]3CC[C@]12C. The summed E-state index contributed by atoms with van der Waals surface area (Å²) in [7, 11) is -1.59. The van der Waals surface area contributed by atoms with Crippen molar-refractivity contribution in [3.8, 4) is 0 Å². The molecule has 1 N–H and O–H groups in total. The Morgan fingerprint density at radius 2 is 1.53 bits per heavy atom. The van der Waals surface area contributed by atoms with Crippen LogP contribution in [0.3, 0.4) is 0 Å². The van der Waals surface area contributed by atoms with Gasteiger partial charge in [0.1, 0.15) is 0 Å². The zero-order valence-corrected chi connectivity index (χ0v) is 21.9. The molecule has 0 aliphatic heterocycles. The molecule has 0 aromatic rings. The lowest BCUT2D eigenvalue weighted by molar-refractivity contribution is -0.139. The highest BCUT2D eigenvalue weighted by Crippen LogP contribution is 2.68. The second-order valence-corrected chi connectivity index (χ2v) is 17.0. The van der Waals surface area contributed by atoms with E-state index in [-0.39, 0.29) is 6.10 Å². The Hall–Kier alpha value is 0.137. The first-order chi connectivity index (χ1) is 14.3. The summed E-state index contributed by atoms with van der Waals surface area (Å²) in [6.07, 6.45) is 12.1. The Bertz CT molecular complexity index is 595. The van der Waals surface area contributed by atoms with Gasteiger partial charge >= 0.3 is 0 Å². The van der Waals surface area contributed by atoms with Gasteiger partial charge in [-0.05, 0) is 110 Å². The van der Waals surface area contributed by atoms with Gasteiger partial charge in [0.15, 0.2) is 8.32 Å². The number of fused-ring (bicyclic) bond motifs is 5. The molecule has 0 aromatic carbocycles. The summed E-state index contributed by atoms with van der Waals surface area (Å²) in [5.74, 6) is 4.11. The molecule has 4 rings (SSSR count). The zero-order valence-electron chi connectivity index (χ0n) is 20.9. The van der Waals surface area contributed by atoms with Crippen LogP contribution in [0, 0.1) is 40.4 Å². The second kappa shape index (κ2) is 8.49. The Kier molecular flexibility index (Phi) is 6.59. The average Bonchev–Trinajstić information content (AvgIpc) is 3.04. The highest BCUT2D eigenvalue weighted by atomic mass is 28.4. The molecule has 30 heavy (non-hydrogen) atoms. The summed E-state index contributed by atoms with van der Waals surface area (Å²) >= 11 is 0. The summed E-state index contributed by atoms with van der Waals surface area (Å²) in [4.78, 5) is 0. The van der Waals surface area contributed by atoms with Gasteiger partial charge < -0.3 is 9.53 Å². The van der Waals surface area contributed by atoms with Gasteiger partial charge in [0.2, 0.25) is 0 Å². The number of rotatable bonds is 6. The van der Waals surface area contributed by atoms with E-state index in [1.165, 1.54) is 63.1 Å². The molecule has 9 atom stereocenters. The molecular formula is C27H50O2Si. The second-order valence-electron chi connectivity index (χ2n) is 12.3. The predicted molar refractivity (Wildman–Crippen MR) is 129 cm³/mol. The Balaban J connectivity index is 1.65. The first-order valence-corrected chi connectivity index (χ1v) is 16.2. The molecule has 2 nitrogen and oxygen atoms in total. The van der Waals surface area contributed by atoms with Gasteiger partial charge in [0.25, 0.3) is 0 Å². The average molecular weight is 435 g/mol. The molecule has 3 unspecified atom stereocenters. The van der Waals surface area contributed by atoms with Crippen LogP contribution >= 0.6 is 0 Å². The monoisotopic (exact) mass is 434 g/mol. The van der Waals surface area contributed by atoms with Crippen LogP contribution in [0.5, 0.6) is 0 Å². The minimum Gasteiger partial charge on any atom is -0.414 e. The van der Waals surface area contributed by atoms with Crippen molar-refractivity contribution in [1.29, 1.82) is 0 Å². The summed E-state index contributed by atoms with van der Waals surface area (Å²) < 4.78 is 7.35. The molecule has 0 bridgehead atoms. The minimum atomic E-state index is -1.59. The topological polar surface area (TPSA) is 29.5 Å². The predicted octanol–water partition coefficient (Wildman–Crippen LogP) is 7.42. The van der Waals surface area contributed by atoms with E-state index in [1.54, 1.807) is 0 Å². The fourth-order valence-corrected chi connectivity index (χ4v) is 12.3. The zero-order chi connectivity index (χ0) is 21.7. The van der Waals surface area contributed by atoms with E-state index in [2.05, 4.69) is 41.5 Å². The van der Waals surface area contributed by atoms with Crippen molar-refractivity contribution in [3.63, 3.8) is 0 Å². The van der Waals surface area contributed by atoms with Gasteiger partial charge in [-0.25, -0.2) is 0 Å². The van der Waals surface area contributed by atoms with Crippen molar-refractivity contribution in [3.05, 3.63) is 0 Å². The van der Waals surface area contributed by atoms with Gasteiger partial charge in [0.05, 0.1) is 6.10 Å². The van der Waals surface area contributed by atoms with Gasteiger partial charge in [-0.2, -0.15) is 0 Å². The fraction of sp³-hybridized carbons (Fsp3) is 1.00. The molecule has 4 aliphatic rings. The van der Waals surface area contributed by atoms with Crippen molar-refractivity contribution in [2.45, 2.75) is 130 Å². The maximum Gasteiger partial charge on any atom is 0.192 e. The highest BCUT2D eigenvalue weighted by molar-refractivity contribution is 6.73. The van der Waals surface area contributed by atoms with Crippen molar-refractivity contribution in [2.24, 2.45) is 40.4 Å². The van der Waals surface area contributed by atoms with E-state index in [0.29, 0.717) is 16.9 Å². The lowest BCUT2D eigenvalue weighted by atomic mass is 9.44. The molecule has 0 aromatic heterocycles. The Morgan fingerprint density at radius 1 is 0.867 bits per heavy atom. The summed E-state index contributed by atoms with van der Waals surface area (Å²) in [5.41, 5.74) is 0.959. The van der Waals surface area contributed by atoms with Gasteiger partial charge in [-0.15, -0.1) is 0 Å². The van der Waals surface area contributed by atoms with Crippen LogP contribution in [0.25, 0.3) is 0 Å². The van der Waals surface area contributed by atoms with Crippen LogP contribution in [-0.2, 0) is 4.43 Å². The Labute approximate surface area is 188 Å². The number of aliphatic hydroxyl groups is 1. The number of hydrogen-bond donors (Lipinski definition) is 1. The summed E-state index contributed by atoms with van der Waals surface area (Å²) in [6.45, 7) is 14.9. The molecule has 0 radical (unpaired) electrons. The van der Waals surface area contributed by atoms with Crippen molar-refractivity contribution >= 4 is 8.32 Å². The van der Waals surface area contributed by atoms with Crippen LogP contribution in [-0.4, -0.2) is 25.6 Å². The van der Waals surface area contributed by atoms with E-state index in [1.807, 2.05) is 0 Å². The summed E-state index contributed by atoms with van der Waals surface area (Å²) in [5, 5.41) is 10.4. The first-order valence-electron chi connectivity index (χ1n) is 13.6. The molecule has 3 heteroatoms. The van der Waals surface area contributed by atoms with Gasteiger partial charge in [0, 0.05) is 6.10 Å². The molecule has 0 saturated heterocycles. The molecule has 4 fully saturated rings. The number of aliphatic hydroxyl groups excluding tert-OH is 1. The van der Waals surface area contributed by atoms with E-state index in [4.69, 9.17) is 4.43 Å². The fourth-order valence-electron chi connectivity index (χ4n) is 9.46. The lowest BCUT2D eigenvalue weighted by Gasteiger charge is -2.61. The molecule has 4 saturated carbocycles. The van der Waals surface area contributed by atoms with E-state index >= 15 is 0 Å². The standard InChI is InChI=1S/C27H50O2Si/c1-7-19-18-24(29-30(8-2,9-3)10-4)25-22-12-11-20-17-21(28)13-15-26(20,5)23(22)14-16-27(19,25)6/h19-25,28H,7-18H2,1-6H3/t19-,20?,21?,22+,23-,24?,25+,26-,27+/m0/s1. The minimum absolute atomic E-state index is 0.0363. The van der Waals surface area contributed by atoms with Crippen molar-refractivity contribution in [2.75, 3.05) is 0 Å². The number of hydrogen-bond acceptors (Lipinski definition) is 2. The van der Waals surface area contributed by atoms with E-state index < -0.39 is 8.32 Å². The molecule has 0 amide bonds. The molecule has 0 heterocycles. The smallest absolute Gasteiger partial charge is 0.192 e. The molecule has 174 valence electrons. The van der Waals surface area contributed by atoms with Crippen LogP contribution < -0.4 is 0 Å². The van der Waals surface area contributed by atoms with Crippen LogP contribution in [0.4, 0.5) is 0 Å². The highest BCUT2D eigenvalue weighted by Gasteiger charge is 2.63. The molecule has 4 aliphatic carbocycles. The largest absolute Gasteiger partial charge is 0.414 e. The maximum atomic E-state index is 10.4. The third-order valence-corrected chi connectivity index (χ3v) is 16.3. The van der Waals surface area contributed by atoms with Crippen LogP contribution in [0.15, 0.2) is 0 Å².